The van der Waals surface area contributed by atoms with E-state index in [1.54, 1.807) is 38.1 Å². The first kappa shape index (κ1) is 19.1. The number of aliphatic carboxylic acids is 1. The summed E-state index contributed by atoms with van der Waals surface area (Å²) in [6, 6.07) is 6.38. The fraction of sp³-hybridized carbons (Fsp3) is 0.467. The molecule has 0 saturated carbocycles. The number of hydrogen-bond acceptors (Lipinski definition) is 4. The van der Waals surface area contributed by atoms with E-state index in [1.807, 2.05) is 0 Å². The lowest BCUT2D eigenvalue weighted by Gasteiger charge is -2.24. The number of sulfonamides is 1. The van der Waals surface area contributed by atoms with Gasteiger partial charge in [0.25, 0.3) is 0 Å². The van der Waals surface area contributed by atoms with E-state index in [4.69, 9.17) is 0 Å². The zero-order chi connectivity index (χ0) is 18.1. The summed E-state index contributed by atoms with van der Waals surface area (Å²) in [5, 5.41) is 11.8. The molecular weight excluding hydrogens is 320 g/mol. The maximum absolute atomic E-state index is 12.2. The predicted octanol–water partition coefficient (Wildman–Crippen LogP) is 1.32. The molecule has 8 heteroatoms. The van der Waals surface area contributed by atoms with Crippen molar-refractivity contribution in [3.05, 3.63) is 29.8 Å². The van der Waals surface area contributed by atoms with E-state index in [0.29, 0.717) is 11.3 Å². The van der Waals surface area contributed by atoms with Crippen molar-refractivity contribution in [2.75, 3.05) is 11.6 Å². The average molecular weight is 342 g/mol. The second-order valence-electron chi connectivity index (χ2n) is 6.46. The molecule has 0 radical (unpaired) electrons. The van der Waals surface area contributed by atoms with Gasteiger partial charge in [-0.3, -0.25) is 9.59 Å². The number of benzene rings is 1. The van der Waals surface area contributed by atoms with Crippen molar-refractivity contribution in [3.8, 4) is 0 Å². The van der Waals surface area contributed by atoms with Gasteiger partial charge in [-0.2, -0.15) is 0 Å². The van der Waals surface area contributed by atoms with Crippen molar-refractivity contribution >= 4 is 27.6 Å². The van der Waals surface area contributed by atoms with E-state index in [2.05, 4.69) is 10.0 Å². The largest absolute Gasteiger partial charge is 0.481 e. The number of amides is 1. The molecule has 23 heavy (non-hydrogen) atoms. The molecule has 0 aromatic heterocycles. The summed E-state index contributed by atoms with van der Waals surface area (Å²) < 4.78 is 24.8. The van der Waals surface area contributed by atoms with Gasteiger partial charge in [-0.15, -0.1) is 0 Å². The Kier molecular flexibility index (Phi) is 5.23. The second-order valence-corrected chi connectivity index (χ2v) is 8.21. The Morgan fingerprint density at radius 3 is 1.91 bits per heavy atom. The van der Waals surface area contributed by atoms with Crippen molar-refractivity contribution in [2.45, 2.75) is 38.6 Å². The number of carbonyl (C=O) groups excluding carboxylic acids is 1. The molecule has 0 aliphatic heterocycles. The van der Waals surface area contributed by atoms with Crippen molar-refractivity contribution < 1.29 is 23.1 Å². The highest BCUT2D eigenvalue weighted by molar-refractivity contribution is 7.88. The van der Waals surface area contributed by atoms with Gasteiger partial charge in [0.05, 0.1) is 11.7 Å². The number of carbonyl (C=O) groups is 2. The normalized spacial score (nSPS) is 12.7. The molecule has 1 aromatic carbocycles. The summed E-state index contributed by atoms with van der Waals surface area (Å²) in [4.78, 5) is 23.4. The fourth-order valence-corrected chi connectivity index (χ4v) is 2.91. The Morgan fingerprint density at radius 2 is 1.52 bits per heavy atom. The SMILES string of the molecule is CC(C)(NS(C)(=O)=O)C(=O)Nc1ccc(C(C)(C)C(=O)O)cc1. The van der Waals surface area contributed by atoms with E-state index in [1.165, 1.54) is 13.8 Å². The molecule has 7 nitrogen and oxygen atoms in total. The quantitative estimate of drug-likeness (QED) is 0.721. The number of nitrogens with one attached hydrogen (secondary N) is 2. The lowest BCUT2D eigenvalue weighted by Crippen LogP contribution is -2.51. The monoisotopic (exact) mass is 342 g/mol. The van der Waals surface area contributed by atoms with Crippen LogP contribution in [0.3, 0.4) is 0 Å². The number of carboxylic acid groups (broad SMARTS) is 1. The van der Waals surface area contributed by atoms with Crippen LogP contribution >= 0.6 is 0 Å². The lowest BCUT2D eigenvalue weighted by atomic mass is 9.85. The highest BCUT2D eigenvalue weighted by Gasteiger charge is 2.31. The molecule has 0 aliphatic carbocycles. The van der Waals surface area contributed by atoms with Gasteiger partial charge in [0.1, 0.15) is 5.54 Å². The Labute approximate surface area is 136 Å². The maximum Gasteiger partial charge on any atom is 0.313 e. The summed E-state index contributed by atoms with van der Waals surface area (Å²) in [7, 11) is -3.53. The van der Waals surface area contributed by atoms with Crippen LogP contribution in [-0.2, 0) is 25.0 Å². The van der Waals surface area contributed by atoms with Gasteiger partial charge in [0, 0.05) is 5.69 Å². The second kappa shape index (κ2) is 6.29. The van der Waals surface area contributed by atoms with Gasteiger partial charge in [0.15, 0.2) is 0 Å². The van der Waals surface area contributed by atoms with Gasteiger partial charge >= 0.3 is 5.97 Å². The summed E-state index contributed by atoms with van der Waals surface area (Å²) in [6.07, 6.45) is 0.977. The van der Waals surface area contributed by atoms with Crippen molar-refractivity contribution in [1.82, 2.24) is 4.72 Å². The van der Waals surface area contributed by atoms with Crippen LogP contribution in [0.4, 0.5) is 5.69 Å². The fourth-order valence-electron chi connectivity index (χ4n) is 1.89. The molecule has 0 atom stereocenters. The predicted molar refractivity (Wildman–Crippen MR) is 87.8 cm³/mol. The molecular formula is C15H22N2O5S. The third-order valence-corrected chi connectivity index (χ3v) is 4.29. The third kappa shape index (κ3) is 5.04. The first-order valence-electron chi connectivity index (χ1n) is 6.90. The van der Waals surface area contributed by atoms with Crippen LogP contribution in [0.25, 0.3) is 0 Å². The van der Waals surface area contributed by atoms with Gasteiger partial charge < -0.3 is 10.4 Å². The van der Waals surface area contributed by atoms with E-state index in [-0.39, 0.29) is 0 Å². The molecule has 128 valence electrons. The molecule has 0 heterocycles. The summed E-state index contributed by atoms with van der Waals surface area (Å²) in [5.74, 6) is -1.47. The number of rotatable bonds is 6. The van der Waals surface area contributed by atoms with Crippen LogP contribution in [0.15, 0.2) is 24.3 Å². The van der Waals surface area contributed by atoms with Crippen molar-refractivity contribution in [3.63, 3.8) is 0 Å². The Hall–Kier alpha value is -1.93. The molecule has 1 rings (SSSR count). The number of carboxylic acids is 1. The van der Waals surface area contributed by atoms with Gasteiger partial charge in [-0.05, 0) is 45.4 Å². The number of anilines is 1. The van der Waals surface area contributed by atoms with E-state index in [9.17, 15) is 23.1 Å². The molecule has 0 fully saturated rings. The van der Waals surface area contributed by atoms with E-state index >= 15 is 0 Å². The average Bonchev–Trinajstić information content (AvgIpc) is 2.36. The maximum atomic E-state index is 12.2. The molecule has 0 bridgehead atoms. The van der Waals surface area contributed by atoms with Crippen LogP contribution in [0, 0.1) is 0 Å². The zero-order valence-corrected chi connectivity index (χ0v) is 14.6. The minimum absolute atomic E-state index is 0.448. The van der Waals surface area contributed by atoms with Crippen molar-refractivity contribution in [1.29, 1.82) is 0 Å². The van der Waals surface area contributed by atoms with Crippen molar-refractivity contribution in [2.24, 2.45) is 0 Å². The lowest BCUT2D eigenvalue weighted by molar-refractivity contribution is -0.142. The molecule has 1 amide bonds. The van der Waals surface area contributed by atoms with Crippen LogP contribution in [0.2, 0.25) is 0 Å². The van der Waals surface area contributed by atoms with Gasteiger partial charge in [-0.25, -0.2) is 13.1 Å². The topological polar surface area (TPSA) is 113 Å². The minimum Gasteiger partial charge on any atom is -0.481 e. The standard InChI is InChI=1S/C15H22N2O5S/c1-14(2,13(19)20)10-6-8-11(9-7-10)16-12(18)15(3,4)17-23(5,21)22/h6-9,17H,1-5H3,(H,16,18)(H,19,20). The highest BCUT2D eigenvalue weighted by Crippen LogP contribution is 2.25. The van der Waals surface area contributed by atoms with Crippen LogP contribution < -0.4 is 10.0 Å². The minimum atomic E-state index is -3.53. The molecule has 0 spiro atoms. The molecule has 3 N–H and O–H groups in total. The first-order chi connectivity index (χ1) is 10.3. The Morgan fingerprint density at radius 1 is 1.04 bits per heavy atom. The Balaban J connectivity index is 2.91. The van der Waals surface area contributed by atoms with Gasteiger partial charge in [-0.1, -0.05) is 12.1 Å². The van der Waals surface area contributed by atoms with Gasteiger partial charge in [0.2, 0.25) is 15.9 Å². The molecule has 0 saturated heterocycles. The highest BCUT2D eigenvalue weighted by atomic mass is 32.2. The molecule has 0 unspecified atom stereocenters. The third-order valence-electron chi connectivity index (χ3n) is 3.41. The van der Waals surface area contributed by atoms with E-state index in [0.717, 1.165) is 6.26 Å². The van der Waals surface area contributed by atoms with Crippen LogP contribution in [0.5, 0.6) is 0 Å². The smallest absolute Gasteiger partial charge is 0.313 e. The number of hydrogen-bond donors (Lipinski definition) is 3. The molecule has 0 aliphatic rings. The van der Waals surface area contributed by atoms with E-state index < -0.39 is 32.9 Å². The summed E-state index contributed by atoms with van der Waals surface area (Å²) >= 11 is 0. The van der Waals surface area contributed by atoms with Crippen LogP contribution in [0.1, 0.15) is 33.3 Å². The summed E-state index contributed by atoms with van der Waals surface area (Å²) in [6.45, 7) is 6.07. The Bertz CT molecular complexity index is 706. The zero-order valence-electron chi connectivity index (χ0n) is 13.8. The first-order valence-corrected chi connectivity index (χ1v) is 8.79. The van der Waals surface area contributed by atoms with Crippen LogP contribution in [-0.4, -0.2) is 37.2 Å². The summed E-state index contributed by atoms with van der Waals surface area (Å²) in [5.41, 5.74) is -1.31. The molecule has 1 aromatic rings.